The molecule has 0 saturated carbocycles. The van der Waals surface area contributed by atoms with Crippen LogP contribution in [0.3, 0.4) is 0 Å². The molecule has 3 heteroatoms. The molecule has 0 aliphatic heterocycles. The smallest absolute Gasteiger partial charge is 0.247 e. The maximum atomic E-state index is 12.3. The largest absolute Gasteiger partial charge is 0.398 e. The molecule has 0 spiro atoms. The minimum Gasteiger partial charge on any atom is -0.398 e. The van der Waals surface area contributed by atoms with Crippen LogP contribution in [0.15, 0.2) is 72.3 Å². The van der Waals surface area contributed by atoms with E-state index in [0.29, 0.717) is 17.8 Å². The van der Waals surface area contributed by atoms with Gasteiger partial charge >= 0.3 is 0 Å². The number of rotatable bonds is 4. The first-order valence-corrected chi connectivity index (χ1v) is 7.92. The van der Waals surface area contributed by atoms with Gasteiger partial charge in [-0.15, -0.1) is 0 Å². The van der Waals surface area contributed by atoms with E-state index < -0.39 is 0 Å². The summed E-state index contributed by atoms with van der Waals surface area (Å²) >= 11 is 0. The first kappa shape index (κ1) is 15.8. The van der Waals surface area contributed by atoms with E-state index in [1.54, 1.807) is 6.92 Å². The molecule has 3 aromatic carbocycles. The van der Waals surface area contributed by atoms with E-state index in [4.69, 9.17) is 5.73 Å². The maximum Gasteiger partial charge on any atom is 0.247 e. The second kappa shape index (κ2) is 7.01. The SMILES string of the molecule is CC(=Cc1ccccc1N)C(=O)NCc1ccc2ccccc2c1. The molecule has 1 amide bonds. The Hall–Kier alpha value is -3.07. The average Bonchev–Trinajstić information content (AvgIpc) is 2.61. The van der Waals surface area contributed by atoms with Gasteiger partial charge in [0.25, 0.3) is 0 Å². The van der Waals surface area contributed by atoms with Gasteiger partial charge in [0, 0.05) is 17.8 Å². The van der Waals surface area contributed by atoms with Gasteiger partial charge in [-0.25, -0.2) is 0 Å². The van der Waals surface area contributed by atoms with Gasteiger partial charge in [0.05, 0.1) is 0 Å². The van der Waals surface area contributed by atoms with Crippen LogP contribution in [0.25, 0.3) is 16.8 Å². The molecule has 24 heavy (non-hydrogen) atoms. The fourth-order valence-electron chi connectivity index (χ4n) is 2.61. The number of carbonyl (C=O) groups excluding carboxylic acids is 1. The lowest BCUT2D eigenvalue weighted by Gasteiger charge is -2.08. The Labute approximate surface area is 141 Å². The summed E-state index contributed by atoms with van der Waals surface area (Å²) < 4.78 is 0. The average molecular weight is 316 g/mol. The van der Waals surface area contributed by atoms with Gasteiger partial charge in [-0.1, -0.05) is 54.6 Å². The monoisotopic (exact) mass is 316 g/mol. The molecule has 0 aromatic heterocycles. The summed E-state index contributed by atoms with van der Waals surface area (Å²) in [6.45, 7) is 2.29. The van der Waals surface area contributed by atoms with E-state index in [9.17, 15) is 4.79 Å². The van der Waals surface area contributed by atoms with Crippen molar-refractivity contribution in [2.24, 2.45) is 0 Å². The van der Waals surface area contributed by atoms with Crippen molar-refractivity contribution < 1.29 is 4.79 Å². The fourth-order valence-corrected chi connectivity index (χ4v) is 2.61. The minimum atomic E-state index is -0.0913. The molecule has 3 N–H and O–H groups in total. The van der Waals surface area contributed by atoms with Crippen molar-refractivity contribution in [2.75, 3.05) is 5.73 Å². The topological polar surface area (TPSA) is 55.1 Å². The van der Waals surface area contributed by atoms with Gasteiger partial charge in [-0.2, -0.15) is 0 Å². The molecular weight excluding hydrogens is 296 g/mol. The normalized spacial score (nSPS) is 11.5. The van der Waals surface area contributed by atoms with Crippen LogP contribution in [-0.4, -0.2) is 5.91 Å². The van der Waals surface area contributed by atoms with Crippen molar-refractivity contribution in [1.82, 2.24) is 5.32 Å². The fraction of sp³-hybridized carbons (Fsp3) is 0.0952. The second-order valence-corrected chi connectivity index (χ2v) is 5.82. The third-order valence-electron chi connectivity index (χ3n) is 3.99. The van der Waals surface area contributed by atoms with Crippen molar-refractivity contribution in [1.29, 1.82) is 0 Å². The van der Waals surface area contributed by atoms with Crippen LogP contribution in [0.4, 0.5) is 5.69 Å². The number of hydrogen-bond acceptors (Lipinski definition) is 2. The molecule has 3 aromatic rings. The van der Waals surface area contributed by atoms with Crippen LogP contribution in [0.1, 0.15) is 18.1 Å². The van der Waals surface area contributed by atoms with Gasteiger partial charge in [-0.3, -0.25) is 4.79 Å². The highest BCUT2D eigenvalue weighted by Gasteiger charge is 2.05. The molecule has 0 atom stereocenters. The van der Waals surface area contributed by atoms with E-state index >= 15 is 0 Å². The predicted molar refractivity (Wildman–Crippen MR) is 100 cm³/mol. The lowest BCUT2D eigenvalue weighted by atomic mass is 10.1. The van der Waals surface area contributed by atoms with Gasteiger partial charge in [0.1, 0.15) is 0 Å². The number of anilines is 1. The molecule has 0 fully saturated rings. The number of nitrogens with one attached hydrogen (secondary N) is 1. The van der Waals surface area contributed by atoms with Crippen molar-refractivity contribution in [3.05, 3.63) is 83.4 Å². The molecule has 0 radical (unpaired) electrons. The van der Waals surface area contributed by atoms with Gasteiger partial charge in [0.2, 0.25) is 5.91 Å². The lowest BCUT2D eigenvalue weighted by molar-refractivity contribution is -0.117. The van der Waals surface area contributed by atoms with E-state index in [1.165, 1.54) is 10.8 Å². The quantitative estimate of drug-likeness (QED) is 0.561. The van der Waals surface area contributed by atoms with Gasteiger partial charge in [-0.05, 0) is 47.0 Å². The molecule has 0 aliphatic carbocycles. The molecular formula is C21H20N2O. The van der Waals surface area contributed by atoms with Crippen molar-refractivity contribution >= 4 is 28.4 Å². The van der Waals surface area contributed by atoms with Crippen LogP contribution in [0, 0.1) is 0 Å². The zero-order chi connectivity index (χ0) is 16.9. The van der Waals surface area contributed by atoms with E-state index in [1.807, 2.05) is 48.5 Å². The van der Waals surface area contributed by atoms with Gasteiger partial charge in [0.15, 0.2) is 0 Å². The number of para-hydroxylation sites is 1. The molecule has 0 bridgehead atoms. The summed E-state index contributed by atoms with van der Waals surface area (Å²) in [6.07, 6.45) is 1.81. The third-order valence-corrected chi connectivity index (χ3v) is 3.99. The number of hydrogen-bond donors (Lipinski definition) is 2. The van der Waals surface area contributed by atoms with Gasteiger partial charge < -0.3 is 11.1 Å². The van der Waals surface area contributed by atoms with Crippen molar-refractivity contribution in [3.63, 3.8) is 0 Å². The third kappa shape index (κ3) is 3.63. The number of nitrogens with two attached hydrogens (primary N) is 1. The van der Waals surface area contributed by atoms with E-state index in [2.05, 4.69) is 29.6 Å². The highest BCUT2D eigenvalue weighted by molar-refractivity contribution is 5.97. The summed E-state index contributed by atoms with van der Waals surface area (Å²) in [5, 5.41) is 5.33. The Morgan fingerprint density at radius 2 is 1.71 bits per heavy atom. The number of benzene rings is 3. The summed E-state index contributed by atoms with van der Waals surface area (Å²) in [5.41, 5.74) is 9.14. The van der Waals surface area contributed by atoms with Crippen molar-refractivity contribution in [3.8, 4) is 0 Å². The minimum absolute atomic E-state index is 0.0913. The van der Waals surface area contributed by atoms with Crippen molar-refractivity contribution in [2.45, 2.75) is 13.5 Å². The summed E-state index contributed by atoms with van der Waals surface area (Å²) in [4.78, 5) is 12.3. The number of carbonyl (C=O) groups is 1. The Balaban J connectivity index is 1.69. The van der Waals surface area contributed by atoms with Crippen LogP contribution in [0.2, 0.25) is 0 Å². The molecule has 0 heterocycles. The molecule has 3 rings (SSSR count). The molecule has 0 saturated heterocycles. The second-order valence-electron chi connectivity index (χ2n) is 5.82. The lowest BCUT2D eigenvalue weighted by Crippen LogP contribution is -2.23. The molecule has 120 valence electrons. The Bertz CT molecular complexity index is 912. The highest BCUT2D eigenvalue weighted by atomic mass is 16.1. The zero-order valence-corrected chi connectivity index (χ0v) is 13.6. The van der Waals surface area contributed by atoms with Crippen LogP contribution in [0.5, 0.6) is 0 Å². The van der Waals surface area contributed by atoms with E-state index in [0.717, 1.165) is 11.1 Å². The first-order chi connectivity index (χ1) is 11.6. The summed E-state index contributed by atoms with van der Waals surface area (Å²) in [6, 6.07) is 21.9. The van der Waals surface area contributed by atoms with Crippen LogP contribution in [-0.2, 0) is 11.3 Å². The van der Waals surface area contributed by atoms with E-state index in [-0.39, 0.29) is 5.91 Å². The summed E-state index contributed by atoms with van der Waals surface area (Å²) in [5.74, 6) is -0.0913. The highest BCUT2D eigenvalue weighted by Crippen LogP contribution is 2.16. The molecule has 3 nitrogen and oxygen atoms in total. The Morgan fingerprint density at radius 1 is 1.00 bits per heavy atom. The maximum absolute atomic E-state index is 12.3. The standard InChI is InChI=1S/C21H20N2O/c1-15(12-19-8-4-5-9-20(19)22)21(24)23-14-16-10-11-17-6-2-3-7-18(17)13-16/h2-13H,14,22H2,1H3,(H,23,24). The predicted octanol–water partition coefficient (Wildman–Crippen LogP) is 4.14. The van der Waals surface area contributed by atoms with Crippen LogP contribution < -0.4 is 11.1 Å². The van der Waals surface area contributed by atoms with Crippen LogP contribution >= 0.6 is 0 Å². The zero-order valence-electron chi connectivity index (χ0n) is 13.6. The first-order valence-electron chi connectivity index (χ1n) is 7.92. The molecule has 0 aliphatic rings. The number of nitrogen functional groups attached to an aromatic ring is 1. The molecule has 0 unspecified atom stereocenters. The Morgan fingerprint density at radius 3 is 2.50 bits per heavy atom. The Kier molecular flexibility index (Phi) is 4.62. The summed E-state index contributed by atoms with van der Waals surface area (Å²) in [7, 11) is 0. The number of fused-ring (bicyclic) bond motifs is 1. The number of amides is 1.